The molecule has 10 heteroatoms. The Balaban J connectivity index is 0.000000146. The number of halogens is 1. The number of aromatic nitrogens is 2. The smallest absolute Gasteiger partial charge is 0.436 e. The first kappa shape index (κ1) is 62.7. The Hall–Kier alpha value is -12.7. The molecule has 0 radical (unpaired) electrons. The van der Waals surface area contributed by atoms with E-state index in [1.807, 2.05) is 84.9 Å². The van der Waals surface area contributed by atoms with E-state index in [1.165, 1.54) is 56.6 Å². The lowest BCUT2D eigenvalue weighted by Gasteiger charge is -2.09. The number of hydrogen-bond acceptors (Lipinski definition) is 7. The predicted octanol–water partition coefficient (Wildman–Crippen LogP) is 22.4. The summed E-state index contributed by atoms with van der Waals surface area (Å²) in [5.41, 5.74) is 26.5. The van der Waals surface area contributed by atoms with Crippen molar-refractivity contribution >= 4 is 52.1 Å². The van der Waals surface area contributed by atoms with E-state index in [-0.39, 0.29) is 0 Å². The lowest BCUT2D eigenvalue weighted by atomic mass is 9.80. The summed E-state index contributed by atoms with van der Waals surface area (Å²) in [5, 5.41) is 27.2. The van der Waals surface area contributed by atoms with Crippen molar-refractivity contribution < 1.29 is 18.9 Å². The molecule has 0 aliphatic rings. The zero-order chi connectivity index (χ0) is 66.7. The highest BCUT2D eigenvalue weighted by Gasteiger charge is 2.20. The minimum atomic E-state index is -1.45. The average molecular weight is 1280 g/mol. The first-order valence-electron chi connectivity index (χ1n) is 31.9. The molecule has 2 N–H and O–H groups in total. The molecule has 8 nitrogen and oxygen atoms in total. The Labute approximate surface area is 573 Å². The Bertz CT molecular complexity index is 5500. The molecule has 2 heterocycles. The Morgan fingerprint density at radius 2 is 0.643 bits per heavy atom. The topological polar surface area (TPSA) is 121 Å². The van der Waals surface area contributed by atoms with Crippen molar-refractivity contribution in [2.75, 3.05) is 0 Å². The van der Waals surface area contributed by atoms with E-state index in [0.29, 0.717) is 33.5 Å². The number of hydrogen-bond donors (Lipinski definition) is 2. The molecular weight excluding hydrogens is 1220 g/mol. The van der Waals surface area contributed by atoms with E-state index < -0.39 is 7.12 Å². The average Bonchev–Trinajstić information content (AvgIpc) is 1.54. The molecule has 0 amide bonds. The van der Waals surface area contributed by atoms with Crippen LogP contribution in [0.4, 0.5) is 5.69 Å². The molecule has 98 heavy (non-hydrogen) atoms. The summed E-state index contributed by atoms with van der Waals surface area (Å²) in [6.07, 6.45) is 0. The van der Waals surface area contributed by atoms with E-state index in [4.69, 9.17) is 47.0 Å². The van der Waals surface area contributed by atoms with Crippen molar-refractivity contribution in [2.45, 2.75) is 0 Å². The molecule has 0 unspecified atom stereocenters. The minimum absolute atomic E-state index is 0.400. The van der Waals surface area contributed by atoms with Gasteiger partial charge in [0.1, 0.15) is 11.0 Å². The molecule has 0 aliphatic heterocycles. The first-order valence-corrected chi connectivity index (χ1v) is 32.3. The molecule has 464 valence electrons. The Morgan fingerprint density at radius 1 is 0.327 bits per heavy atom. The maximum Gasteiger partial charge on any atom is 0.488 e. The predicted molar refractivity (Wildman–Crippen MR) is 400 cm³/mol. The van der Waals surface area contributed by atoms with Crippen molar-refractivity contribution in [3.8, 4) is 129 Å². The highest BCUT2D eigenvalue weighted by Crippen LogP contribution is 2.41. The van der Waals surface area contributed by atoms with E-state index in [2.05, 4.69) is 241 Å². The van der Waals surface area contributed by atoms with Crippen LogP contribution in [0.15, 0.2) is 349 Å². The van der Waals surface area contributed by atoms with Gasteiger partial charge in [-0.1, -0.05) is 285 Å². The van der Waals surface area contributed by atoms with E-state index in [9.17, 15) is 5.26 Å². The third-order valence-corrected chi connectivity index (χ3v) is 17.3. The van der Waals surface area contributed by atoms with Gasteiger partial charge in [0.15, 0.2) is 16.9 Å². The maximum absolute atomic E-state index is 9.21. The number of benzene rings is 14. The first-order chi connectivity index (χ1) is 48.2. The molecule has 0 atom stereocenters. The van der Waals surface area contributed by atoms with E-state index >= 15 is 0 Å². The molecule has 0 spiro atoms. The second kappa shape index (κ2) is 28.9. The highest BCUT2D eigenvalue weighted by atomic mass is 35.5. The number of oxazole rings is 2. The molecule has 2 aromatic heterocycles. The highest BCUT2D eigenvalue weighted by molar-refractivity contribution is 6.58. The summed E-state index contributed by atoms with van der Waals surface area (Å²) < 4.78 is 12.9. The van der Waals surface area contributed by atoms with Gasteiger partial charge in [-0.2, -0.15) is 5.26 Å². The summed E-state index contributed by atoms with van der Waals surface area (Å²) in [7, 11) is -1.45. The van der Waals surface area contributed by atoms with Crippen LogP contribution in [0.25, 0.3) is 150 Å². The van der Waals surface area contributed by atoms with Crippen molar-refractivity contribution in [3.05, 3.63) is 362 Å². The van der Waals surface area contributed by atoms with Crippen molar-refractivity contribution in [2.24, 2.45) is 0 Å². The van der Waals surface area contributed by atoms with Gasteiger partial charge < -0.3 is 18.9 Å². The van der Waals surface area contributed by atoms with Crippen LogP contribution in [-0.4, -0.2) is 27.1 Å². The lowest BCUT2D eigenvalue weighted by molar-refractivity contribution is 0.426. The van der Waals surface area contributed by atoms with Crippen LogP contribution < -0.4 is 5.46 Å². The van der Waals surface area contributed by atoms with Crippen LogP contribution in [0.5, 0.6) is 0 Å². The molecule has 0 saturated heterocycles. The van der Waals surface area contributed by atoms with Gasteiger partial charge in [0.25, 0.3) is 0 Å². The van der Waals surface area contributed by atoms with Gasteiger partial charge in [-0.15, -0.1) is 0 Å². The monoisotopic (exact) mass is 1280 g/mol. The fourth-order valence-electron chi connectivity index (χ4n) is 11.9. The van der Waals surface area contributed by atoms with Crippen molar-refractivity contribution in [1.82, 2.24) is 9.97 Å². The Morgan fingerprint density at radius 3 is 1.01 bits per heavy atom. The quantitative estimate of drug-likeness (QED) is 0.0923. The summed E-state index contributed by atoms with van der Waals surface area (Å²) >= 11 is 6.28. The van der Waals surface area contributed by atoms with Gasteiger partial charge in [0.05, 0.1) is 18.2 Å². The molecule has 16 aromatic rings. The normalized spacial score (nSPS) is 10.8. The van der Waals surface area contributed by atoms with Crippen molar-refractivity contribution in [1.29, 1.82) is 5.26 Å². The van der Waals surface area contributed by atoms with Gasteiger partial charge in [-0.25, -0.2) is 14.8 Å². The van der Waals surface area contributed by atoms with Crippen LogP contribution in [0.1, 0.15) is 5.56 Å². The van der Waals surface area contributed by atoms with Crippen LogP contribution in [0.3, 0.4) is 0 Å². The summed E-state index contributed by atoms with van der Waals surface area (Å²) in [5.74, 6) is 1.12. The maximum atomic E-state index is 9.21. The number of nitriles is 1. The molecule has 0 saturated carbocycles. The minimum Gasteiger partial charge on any atom is -0.436 e. The molecule has 0 fully saturated rings. The zero-order valence-electron chi connectivity index (χ0n) is 52.8. The van der Waals surface area contributed by atoms with E-state index in [0.717, 1.165) is 89.0 Å². The van der Waals surface area contributed by atoms with Crippen LogP contribution >= 0.6 is 11.6 Å². The zero-order valence-corrected chi connectivity index (χ0v) is 53.5. The van der Waals surface area contributed by atoms with Crippen LogP contribution in [0, 0.1) is 17.9 Å². The number of fused-ring (bicyclic) bond motifs is 2. The van der Waals surface area contributed by atoms with Gasteiger partial charge in [-0.3, -0.25) is 0 Å². The number of nitrogens with zero attached hydrogens (tertiary/aromatic N) is 4. The molecule has 14 aromatic carbocycles. The van der Waals surface area contributed by atoms with Gasteiger partial charge >= 0.3 is 7.12 Å². The largest absolute Gasteiger partial charge is 0.488 e. The number of rotatable bonds is 12. The SMILES string of the molecule is Clc1cccc(-c2nc3c(-c4ccc(-c5ccccc5)cc4)cc(-c4ccc(-c5ccccc5)cc4)cc3o2)c1.N#Cc1ccc(-c2cccc(-c3nc4c(-c5ccc(-c6ccccc6)cc5)cc(-c5ccc(-c6ccccc6)cc5)cc4o3)c2)cc1.[C-]#[N+]c1ccc(B(O)O)cc1. The third kappa shape index (κ3) is 14.2. The lowest BCUT2D eigenvalue weighted by Crippen LogP contribution is -2.29. The Kier molecular flexibility index (Phi) is 18.5. The summed E-state index contributed by atoms with van der Waals surface area (Å²) in [6, 6.07) is 117. The fraction of sp³-hybridized carbons (Fsp3) is 0. The third-order valence-electron chi connectivity index (χ3n) is 17.1. The van der Waals surface area contributed by atoms with Gasteiger partial charge in [-0.05, 0) is 161 Å². The van der Waals surface area contributed by atoms with Crippen LogP contribution in [0.2, 0.25) is 5.02 Å². The molecular formula is C88H58BClN4O4. The molecule has 16 rings (SSSR count). The summed E-state index contributed by atoms with van der Waals surface area (Å²) in [6.45, 7) is 6.62. The van der Waals surface area contributed by atoms with E-state index in [1.54, 1.807) is 12.1 Å². The molecule has 0 bridgehead atoms. The van der Waals surface area contributed by atoms with Gasteiger partial charge in [0.2, 0.25) is 11.8 Å². The van der Waals surface area contributed by atoms with Crippen LogP contribution in [-0.2, 0) is 0 Å². The van der Waals surface area contributed by atoms with Crippen molar-refractivity contribution in [3.63, 3.8) is 0 Å². The standard InChI is InChI=1S/C44H28N2O.C37H24ClNO.C7H6BNO2/c45-29-30-14-16-35(17-15-30)38-12-7-13-39(26-38)44-46-43-41(37-24-22-34(23-25-37)32-10-5-2-6-11-32)27-40(28-42(43)47-44)36-20-18-33(19-21-36)31-8-3-1-4-9-31;38-33-13-7-12-31(22-33)37-39-36-34(30-20-18-28(19-21-30)26-10-5-2-6-11-26)23-32(24-35(36)40-37)29-16-14-27(15-17-29)25-8-3-1-4-9-25;1-9-7-4-2-6(3-5-7)8(10)11/h1-28H;1-24H;2-5,10-11H. The second-order valence-corrected chi connectivity index (χ2v) is 23.8. The summed E-state index contributed by atoms with van der Waals surface area (Å²) in [4.78, 5) is 13.2. The van der Waals surface area contributed by atoms with Gasteiger partial charge in [0, 0.05) is 27.3 Å². The second-order valence-electron chi connectivity index (χ2n) is 23.4. The molecule has 0 aliphatic carbocycles. The fourth-order valence-corrected chi connectivity index (χ4v) is 12.1.